The second kappa shape index (κ2) is 8.84. The molecule has 0 heterocycles. The van der Waals surface area contributed by atoms with Gasteiger partial charge in [0.1, 0.15) is 5.97 Å². The van der Waals surface area contributed by atoms with E-state index in [4.69, 9.17) is 0 Å². The summed E-state index contributed by atoms with van der Waals surface area (Å²) in [6.45, 7) is 2.15. The number of carboxylic acid groups (broad SMARTS) is 1. The van der Waals surface area contributed by atoms with Crippen molar-refractivity contribution in [1.82, 2.24) is 0 Å². The molecule has 0 saturated heterocycles. The van der Waals surface area contributed by atoms with E-state index in [1.807, 2.05) is 0 Å². The van der Waals surface area contributed by atoms with Crippen LogP contribution < -0.4 is 5.11 Å². The number of carbonyl (C=O) groups excluding carboxylic acids is 1. The SMILES string of the molecule is CCCCCCCCCCC(C(=O)[O-])([N+](C)(C)C)S(=O)(=O)O. The molecule has 0 aromatic carbocycles. The normalized spacial score (nSPS) is 15.5. The van der Waals surface area contributed by atoms with Gasteiger partial charge in [-0.2, -0.15) is 8.42 Å². The van der Waals surface area contributed by atoms with E-state index in [0.29, 0.717) is 6.42 Å². The first-order valence-corrected chi connectivity index (χ1v) is 9.44. The van der Waals surface area contributed by atoms with Crippen LogP contribution in [0.2, 0.25) is 0 Å². The Kier molecular flexibility index (Phi) is 8.57. The van der Waals surface area contributed by atoms with E-state index in [0.717, 1.165) is 25.7 Å². The predicted molar refractivity (Wildman–Crippen MR) is 84.5 cm³/mol. The maximum Gasteiger partial charge on any atom is 0.328 e. The van der Waals surface area contributed by atoms with Gasteiger partial charge in [0, 0.05) is 6.42 Å². The zero-order valence-corrected chi connectivity index (χ0v) is 15.1. The fourth-order valence-corrected chi connectivity index (χ4v) is 4.10. The van der Waals surface area contributed by atoms with E-state index in [9.17, 15) is 22.9 Å². The predicted octanol–water partition coefficient (Wildman–Crippen LogP) is 1.56. The average molecular weight is 337 g/mol. The lowest BCUT2D eigenvalue weighted by Crippen LogP contribution is -2.69. The van der Waals surface area contributed by atoms with Crippen LogP contribution in [0.25, 0.3) is 0 Å². The number of carboxylic acids is 1. The fourth-order valence-electron chi connectivity index (χ4n) is 2.79. The number of hydrogen-bond donors (Lipinski definition) is 1. The summed E-state index contributed by atoms with van der Waals surface area (Å²) in [5.74, 6) is -1.74. The van der Waals surface area contributed by atoms with Crippen molar-refractivity contribution in [3.05, 3.63) is 0 Å². The molecule has 0 spiro atoms. The van der Waals surface area contributed by atoms with Crippen molar-refractivity contribution in [1.29, 1.82) is 0 Å². The third-order valence-corrected chi connectivity index (χ3v) is 5.97. The highest BCUT2D eigenvalue weighted by Crippen LogP contribution is 2.31. The summed E-state index contributed by atoms with van der Waals surface area (Å²) in [7, 11) is -0.462. The van der Waals surface area contributed by atoms with Crippen LogP contribution in [0, 0.1) is 0 Å². The van der Waals surface area contributed by atoms with E-state index < -0.39 is 25.4 Å². The highest BCUT2D eigenvalue weighted by atomic mass is 32.2. The molecule has 132 valence electrons. The van der Waals surface area contributed by atoms with E-state index >= 15 is 0 Å². The van der Waals surface area contributed by atoms with Crippen molar-refractivity contribution in [2.24, 2.45) is 0 Å². The highest BCUT2D eigenvalue weighted by molar-refractivity contribution is 7.87. The first kappa shape index (κ1) is 21.3. The minimum Gasteiger partial charge on any atom is -0.543 e. The van der Waals surface area contributed by atoms with Crippen molar-refractivity contribution in [3.8, 4) is 0 Å². The third-order valence-electron chi connectivity index (χ3n) is 4.20. The quantitative estimate of drug-likeness (QED) is 0.331. The molecule has 0 radical (unpaired) electrons. The van der Waals surface area contributed by atoms with Gasteiger partial charge in [0.05, 0.1) is 21.1 Å². The monoisotopic (exact) mass is 337 g/mol. The second-order valence-electron chi connectivity index (χ2n) is 6.78. The van der Waals surface area contributed by atoms with Gasteiger partial charge < -0.3 is 14.4 Å². The van der Waals surface area contributed by atoms with Gasteiger partial charge in [0.2, 0.25) is 0 Å². The minimum absolute atomic E-state index is 0.146. The number of rotatable bonds is 12. The molecule has 0 aliphatic heterocycles. The van der Waals surface area contributed by atoms with Crippen LogP contribution in [0.15, 0.2) is 0 Å². The largest absolute Gasteiger partial charge is 0.543 e. The van der Waals surface area contributed by atoms with Gasteiger partial charge >= 0.3 is 10.1 Å². The number of quaternary nitrogens is 1. The average Bonchev–Trinajstić information content (AvgIpc) is 2.33. The number of aliphatic carboxylic acids is 1. The molecular weight excluding hydrogens is 306 g/mol. The van der Waals surface area contributed by atoms with Crippen molar-refractivity contribution in [2.75, 3.05) is 21.1 Å². The van der Waals surface area contributed by atoms with Crippen LogP contribution >= 0.6 is 0 Å². The lowest BCUT2D eigenvalue weighted by atomic mass is 10.0. The molecule has 0 aliphatic rings. The van der Waals surface area contributed by atoms with E-state index in [1.54, 1.807) is 0 Å². The van der Waals surface area contributed by atoms with Crippen LogP contribution in [-0.2, 0) is 14.9 Å². The van der Waals surface area contributed by atoms with Crippen LogP contribution in [0.3, 0.4) is 0 Å². The molecular formula is C15H31NO5S. The van der Waals surface area contributed by atoms with Crippen LogP contribution in [0.5, 0.6) is 0 Å². The number of nitrogens with zero attached hydrogens (tertiary/aromatic N) is 1. The molecule has 0 aliphatic carbocycles. The number of likely N-dealkylation sites (N-methyl/N-ethyl adjacent to an activating group) is 1. The molecule has 6 nitrogen and oxygen atoms in total. The summed E-state index contributed by atoms with van der Waals surface area (Å²) in [4.78, 5) is 9.18. The number of unbranched alkanes of at least 4 members (excludes halogenated alkanes) is 7. The van der Waals surface area contributed by atoms with Gasteiger partial charge in [-0.1, -0.05) is 51.9 Å². The van der Waals surface area contributed by atoms with Gasteiger partial charge in [0.15, 0.2) is 0 Å². The van der Waals surface area contributed by atoms with Crippen molar-refractivity contribution < 1.29 is 27.4 Å². The molecule has 0 bridgehead atoms. The van der Waals surface area contributed by atoms with E-state index in [1.165, 1.54) is 40.4 Å². The van der Waals surface area contributed by atoms with Crippen molar-refractivity contribution in [2.45, 2.75) is 69.6 Å². The molecule has 1 unspecified atom stereocenters. The molecule has 0 fully saturated rings. The second-order valence-corrected chi connectivity index (χ2v) is 8.41. The first-order valence-electron chi connectivity index (χ1n) is 8.00. The number of hydrogen-bond acceptors (Lipinski definition) is 4. The molecule has 7 heteroatoms. The Balaban J connectivity index is 4.62. The molecule has 0 aromatic heterocycles. The lowest BCUT2D eigenvalue weighted by molar-refractivity contribution is -0.901. The van der Waals surface area contributed by atoms with Gasteiger partial charge in [-0.25, -0.2) is 0 Å². The molecule has 0 amide bonds. The van der Waals surface area contributed by atoms with Crippen molar-refractivity contribution in [3.63, 3.8) is 0 Å². The van der Waals surface area contributed by atoms with Gasteiger partial charge in [-0.05, 0) is 6.42 Å². The van der Waals surface area contributed by atoms with E-state index in [-0.39, 0.29) is 6.42 Å². The summed E-state index contributed by atoms with van der Waals surface area (Å²) < 4.78 is 32.4. The molecule has 1 N–H and O–H groups in total. The smallest absolute Gasteiger partial charge is 0.328 e. The molecule has 0 rings (SSSR count). The Morgan fingerprint density at radius 2 is 1.41 bits per heavy atom. The topological polar surface area (TPSA) is 94.5 Å². The minimum atomic E-state index is -4.78. The Labute approximate surface area is 134 Å². The summed E-state index contributed by atoms with van der Waals surface area (Å²) >= 11 is 0. The lowest BCUT2D eigenvalue weighted by Gasteiger charge is -2.43. The Bertz CT molecular complexity index is 441. The molecule has 0 saturated carbocycles. The van der Waals surface area contributed by atoms with Gasteiger partial charge in [-0.15, -0.1) is 0 Å². The first-order chi connectivity index (χ1) is 10.0. The summed E-state index contributed by atoms with van der Waals surface area (Å²) in [6.07, 6.45) is 7.78. The van der Waals surface area contributed by atoms with Crippen molar-refractivity contribution >= 4 is 16.1 Å². The number of carbonyl (C=O) groups is 1. The maximum atomic E-state index is 11.7. The molecule has 22 heavy (non-hydrogen) atoms. The fraction of sp³-hybridized carbons (Fsp3) is 0.933. The zero-order valence-electron chi connectivity index (χ0n) is 14.3. The van der Waals surface area contributed by atoms with Crippen LogP contribution in [0.1, 0.15) is 64.7 Å². The van der Waals surface area contributed by atoms with Crippen LogP contribution in [-0.4, -0.2) is 49.4 Å². The standard InChI is InChI=1S/C15H31NO5S/c1-5-6-7-8-9-10-11-12-13-15(14(17)18,16(2,3)4)22(19,20)21/h5-13H2,1-4H3,(H-,17,18,19,20,21). The third kappa shape index (κ3) is 5.52. The van der Waals surface area contributed by atoms with Gasteiger partial charge in [0.25, 0.3) is 4.87 Å². The van der Waals surface area contributed by atoms with E-state index in [2.05, 4.69) is 6.92 Å². The summed E-state index contributed by atoms with van der Waals surface area (Å²) in [5, 5.41) is 11.5. The highest BCUT2D eigenvalue weighted by Gasteiger charge is 2.55. The zero-order chi connectivity index (χ0) is 17.4. The molecule has 0 aromatic rings. The Hall–Kier alpha value is -0.660. The Morgan fingerprint density at radius 3 is 1.73 bits per heavy atom. The van der Waals surface area contributed by atoms with Gasteiger partial charge in [-0.3, -0.25) is 4.55 Å². The Morgan fingerprint density at radius 1 is 1.00 bits per heavy atom. The molecule has 1 atom stereocenters. The maximum absolute atomic E-state index is 11.7. The summed E-state index contributed by atoms with van der Waals surface area (Å²) in [6, 6.07) is 0. The van der Waals surface area contributed by atoms with Crippen LogP contribution in [0.4, 0.5) is 0 Å². The summed E-state index contributed by atoms with van der Waals surface area (Å²) in [5.41, 5.74) is 0.